The van der Waals surface area contributed by atoms with Crippen LogP contribution in [0.3, 0.4) is 0 Å². The Morgan fingerprint density at radius 2 is 2.09 bits per heavy atom. The molecule has 0 aliphatic heterocycles. The number of rotatable bonds is 2. The molecule has 2 heterocycles. The highest BCUT2D eigenvalue weighted by Crippen LogP contribution is 2.27. The zero-order chi connectivity index (χ0) is 16.2. The number of pyridine rings is 2. The van der Waals surface area contributed by atoms with Crippen molar-refractivity contribution in [2.24, 2.45) is 5.73 Å². The molecule has 2 aromatic heterocycles. The van der Waals surface area contributed by atoms with E-state index < -0.39 is 5.91 Å². The first kappa shape index (κ1) is 15.1. The van der Waals surface area contributed by atoms with Crippen LogP contribution in [-0.4, -0.2) is 21.8 Å². The van der Waals surface area contributed by atoms with Gasteiger partial charge in [-0.1, -0.05) is 6.42 Å². The van der Waals surface area contributed by atoms with E-state index in [1.807, 2.05) is 18.2 Å². The fourth-order valence-corrected chi connectivity index (χ4v) is 2.90. The minimum Gasteiger partial charge on any atom is -0.370 e. The van der Waals surface area contributed by atoms with Crippen LogP contribution in [0.25, 0.3) is 11.3 Å². The SMILES string of the molecule is N=C(N)NC(=O)c1cc2c(nc1-c1cccnc1)CCCCC2. The van der Waals surface area contributed by atoms with Gasteiger partial charge in [0, 0.05) is 23.7 Å². The average Bonchev–Trinajstić information content (AvgIpc) is 2.78. The first-order valence-corrected chi connectivity index (χ1v) is 7.73. The van der Waals surface area contributed by atoms with Gasteiger partial charge in [-0.3, -0.25) is 25.5 Å². The van der Waals surface area contributed by atoms with E-state index in [2.05, 4.69) is 10.3 Å². The molecule has 0 saturated carbocycles. The summed E-state index contributed by atoms with van der Waals surface area (Å²) < 4.78 is 0. The van der Waals surface area contributed by atoms with Crippen molar-refractivity contribution in [3.63, 3.8) is 0 Å². The predicted octanol–water partition coefficient (Wildman–Crippen LogP) is 2.04. The summed E-state index contributed by atoms with van der Waals surface area (Å²) in [6.07, 6.45) is 8.62. The van der Waals surface area contributed by atoms with Crippen molar-refractivity contribution < 1.29 is 4.79 Å². The summed E-state index contributed by atoms with van der Waals surface area (Å²) in [5.74, 6) is -0.780. The number of fused-ring (bicyclic) bond motifs is 1. The Bertz CT molecular complexity index is 742. The second-order valence-corrected chi connectivity index (χ2v) is 5.66. The standard InChI is InChI=1S/C17H19N5O/c18-17(19)22-16(23)13-9-11-5-2-1-3-7-14(11)21-15(13)12-6-4-8-20-10-12/h4,6,8-10H,1-3,5,7H2,(H4,18,19,22,23). The molecule has 1 amide bonds. The minimum absolute atomic E-state index is 0.373. The van der Waals surface area contributed by atoms with Gasteiger partial charge in [0.2, 0.25) is 0 Å². The highest BCUT2D eigenvalue weighted by atomic mass is 16.1. The second-order valence-electron chi connectivity index (χ2n) is 5.66. The van der Waals surface area contributed by atoms with Gasteiger partial charge < -0.3 is 5.73 Å². The quantitative estimate of drug-likeness (QED) is 0.448. The number of hydrogen-bond donors (Lipinski definition) is 3. The number of aryl methyl sites for hydroxylation is 2. The number of nitrogens with zero attached hydrogens (tertiary/aromatic N) is 2. The zero-order valence-electron chi connectivity index (χ0n) is 12.8. The summed E-state index contributed by atoms with van der Waals surface area (Å²) in [6.45, 7) is 0. The van der Waals surface area contributed by atoms with Gasteiger partial charge in [-0.05, 0) is 49.4 Å². The molecule has 1 aliphatic carbocycles. The van der Waals surface area contributed by atoms with E-state index in [1.165, 1.54) is 6.42 Å². The van der Waals surface area contributed by atoms with Crippen LogP contribution in [0.4, 0.5) is 0 Å². The normalized spacial score (nSPS) is 13.7. The molecule has 0 aromatic carbocycles. The van der Waals surface area contributed by atoms with E-state index in [-0.39, 0.29) is 5.96 Å². The molecule has 0 radical (unpaired) electrons. The Labute approximate surface area is 134 Å². The Kier molecular flexibility index (Phi) is 4.32. The summed E-state index contributed by atoms with van der Waals surface area (Å²) in [5, 5.41) is 9.64. The number of amides is 1. The largest absolute Gasteiger partial charge is 0.370 e. The van der Waals surface area contributed by atoms with Crippen molar-refractivity contribution >= 4 is 11.9 Å². The number of nitrogens with two attached hydrogens (primary N) is 1. The molecule has 0 saturated heterocycles. The Hall–Kier alpha value is -2.76. The van der Waals surface area contributed by atoms with E-state index in [9.17, 15) is 4.79 Å². The maximum Gasteiger partial charge on any atom is 0.260 e. The van der Waals surface area contributed by atoms with Gasteiger partial charge in [-0.15, -0.1) is 0 Å². The van der Waals surface area contributed by atoms with Crippen LogP contribution in [-0.2, 0) is 12.8 Å². The number of guanidine groups is 1. The number of hydrogen-bond acceptors (Lipinski definition) is 4. The first-order valence-electron chi connectivity index (χ1n) is 7.73. The summed E-state index contributed by atoms with van der Waals surface area (Å²) >= 11 is 0. The van der Waals surface area contributed by atoms with Crippen molar-refractivity contribution in [2.45, 2.75) is 32.1 Å². The number of aromatic nitrogens is 2. The Morgan fingerprint density at radius 1 is 1.26 bits per heavy atom. The van der Waals surface area contributed by atoms with Gasteiger partial charge in [-0.2, -0.15) is 0 Å². The van der Waals surface area contributed by atoms with Crippen molar-refractivity contribution in [3.05, 3.63) is 47.4 Å². The molecular weight excluding hydrogens is 290 g/mol. The third-order valence-corrected chi connectivity index (χ3v) is 3.98. The molecular formula is C17H19N5O. The van der Waals surface area contributed by atoms with E-state index in [4.69, 9.17) is 16.1 Å². The van der Waals surface area contributed by atoms with Gasteiger partial charge in [0.25, 0.3) is 5.91 Å². The van der Waals surface area contributed by atoms with Crippen LogP contribution < -0.4 is 11.1 Å². The molecule has 0 atom stereocenters. The molecule has 118 valence electrons. The molecule has 0 unspecified atom stereocenters. The highest BCUT2D eigenvalue weighted by Gasteiger charge is 2.20. The molecule has 2 aromatic rings. The molecule has 3 rings (SSSR count). The van der Waals surface area contributed by atoms with E-state index >= 15 is 0 Å². The minimum atomic E-state index is -0.407. The van der Waals surface area contributed by atoms with Crippen LogP contribution in [0.1, 0.15) is 40.9 Å². The van der Waals surface area contributed by atoms with Crippen LogP contribution in [0.5, 0.6) is 0 Å². The molecule has 6 heteroatoms. The lowest BCUT2D eigenvalue weighted by atomic mass is 10.00. The van der Waals surface area contributed by atoms with Crippen LogP contribution in [0.15, 0.2) is 30.6 Å². The van der Waals surface area contributed by atoms with Gasteiger partial charge in [0.15, 0.2) is 5.96 Å². The number of carbonyl (C=O) groups is 1. The van der Waals surface area contributed by atoms with Gasteiger partial charge in [0.1, 0.15) is 0 Å². The lowest BCUT2D eigenvalue weighted by Crippen LogP contribution is -2.36. The Morgan fingerprint density at radius 3 is 2.83 bits per heavy atom. The Balaban J connectivity index is 2.13. The molecule has 0 fully saturated rings. The van der Waals surface area contributed by atoms with E-state index in [0.29, 0.717) is 11.3 Å². The molecule has 23 heavy (non-hydrogen) atoms. The van der Waals surface area contributed by atoms with E-state index in [1.54, 1.807) is 12.4 Å². The third kappa shape index (κ3) is 3.36. The molecule has 0 spiro atoms. The summed E-state index contributed by atoms with van der Waals surface area (Å²) in [4.78, 5) is 21.3. The van der Waals surface area contributed by atoms with E-state index in [0.717, 1.165) is 42.5 Å². The zero-order valence-corrected chi connectivity index (χ0v) is 12.8. The smallest absolute Gasteiger partial charge is 0.260 e. The molecule has 6 nitrogen and oxygen atoms in total. The maximum atomic E-state index is 12.4. The van der Waals surface area contributed by atoms with Crippen LogP contribution in [0.2, 0.25) is 0 Å². The van der Waals surface area contributed by atoms with Crippen molar-refractivity contribution in [3.8, 4) is 11.3 Å². The molecule has 1 aliphatic rings. The van der Waals surface area contributed by atoms with Crippen molar-refractivity contribution in [1.82, 2.24) is 15.3 Å². The second kappa shape index (κ2) is 6.56. The summed E-state index contributed by atoms with van der Waals surface area (Å²) in [6, 6.07) is 5.59. The number of nitrogens with one attached hydrogen (secondary N) is 2. The molecule has 0 bridgehead atoms. The van der Waals surface area contributed by atoms with Gasteiger partial charge >= 0.3 is 0 Å². The van der Waals surface area contributed by atoms with Gasteiger partial charge in [-0.25, -0.2) is 0 Å². The number of carbonyl (C=O) groups excluding carboxylic acids is 1. The summed E-state index contributed by atoms with van der Waals surface area (Å²) in [7, 11) is 0. The third-order valence-electron chi connectivity index (χ3n) is 3.98. The van der Waals surface area contributed by atoms with Crippen LogP contribution >= 0.6 is 0 Å². The fraction of sp³-hybridized carbons (Fsp3) is 0.294. The summed E-state index contributed by atoms with van der Waals surface area (Å²) in [5.41, 5.74) is 9.29. The predicted molar refractivity (Wildman–Crippen MR) is 88.1 cm³/mol. The monoisotopic (exact) mass is 309 g/mol. The lowest BCUT2D eigenvalue weighted by Gasteiger charge is -2.13. The first-order chi connectivity index (χ1) is 11.1. The van der Waals surface area contributed by atoms with Crippen LogP contribution in [0, 0.1) is 5.41 Å². The van der Waals surface area contributed by atoms with Crippen molar-refractivity contribution in [2.75, 3.05) is 0 Å². The lowest BCUT2D eigenvalue weighted by molar-refractivity contribution is 0.0976. The molecule has 4 N–H and O–H groups in total. The van der Waals surface area contributed by atoms with Gasteiger partial charge in [0.05, 0.1) is 11.3 Å². The highest BCUT2D eigenvalue weighted by molar-refractivity contribution is 6.07. The topological polar surface area (TPSA) is 105 Å². The fourth-order valence-electron chi connectivity index (χ4n) is 2.90. The maximum absolute atomic E-state index is 12.4. The average molecular weight is 309 g/mol. The van der Waals surface area contributed by atoms with Crippen molar-refractivity contribution in [1.29, 1.82) is 5.41 Å².